The third-order valence-electron chi connectivity index (χ3n) is 6.11. The first kappa shape index (κ1) is 20.8. The molecule has 4 heterocycles. The molecule has 0 saturated carbocycles. The lowest BCUT2D eigenvalue weighted by Gasteiger charge is -2.28. The summed E-state index contributed by atoms with van der Waals surface area (Å²) in [7, 11) is 4.83. The maximum atomic E-state index is 13.7. The maximum Gasteiger partial charge on any atom is 0.260 e. The summed E-state index contributed by atoms with van der Waals surface area (Å²) in [4.78, 5) is 47.2. The van der Waals surface area contributed by atoms with Gasteiger partial charge in [-0.05, 0) is 36.2 Å². The first-order valence-corrected chi connectivity index (χ1v) is 10.5. The fraction of sp³-hybridized carbons (Fsp3) is 0.304. The number of benzene rings is 1. The van der Waals surface area contributed by atoms with Crippen LogP contribution >= 0.6 is 0 Å². The molecule has 2 amide bonds. The van der Waals surface area contributed by atoms with Crippen molar-refractivity contribution in [1.82, 2.24) is 24.8 Å². The summed E-state index contributed by atoms with van der Waals surface area (Å²) >= 11 is 0. The number of aromatic nitrogens is 4. The highest BCUT2D eigenvalue weighted by Crippen LogP contribution is 2.47. The molecule has 3 aromatic rings. The van der Waals surface area contributed by atoms with Crippen molar-refractivity contribution < 1.29 is 19.1 Å². The molecule has 33 heavy (non-hydrogen) atoms. The molecule has 1 saturated heterocycles. The number of amides is 2. The van der Waals surface area contributed by atoms with Crippen LogP contribution < -0.4 is 14.4 Å². The van der Waals surface area contributed by atoms with Crippen molar-refractivity contribution in [3.8, 4) is 23.1 Å². The quantitative estimate of drug-likeness (QED) is 0.586. The zero-order chi connectivity index (χ0) is 23.1. The smallest absolute Gasteiger partial charge is 0.260 e. The largest absolute Gasteiger partial charge is 0.493 e. The Morgan fingerprint density at radius 1 is 0.970 bits per heavy atom. The Bertz CT molecular complexity index is 1230. The van der Waals surface area contributed by atoms with Crippen LogP contribution in [0.5, 0.6) is 11.5 Å². The van der Waals surface area contributed by atoms with Crippen molar-refractivity contribution in [1.29, 1.82) is 0 Å². The van der Waals surface area contributed by atoms with Crippen molar-refractivity contribution in [3.63, 3.8) is 0 Å². The van der Waals surface area contributed by atoms with Gasteiger partial charge in [-0.15, -0.1) is 0 Å². The van der Waals surface area contributed by atoms with E-state index in [0.29, 0.717) is 53.1 Å². The van der Waals surface area contributed by atoms with Gasteiger partial charge in [0, 0.05) is 37.7 Å². The van der Waals surface area contributed by atoms with Crippen LogP contribution in [0.25, 0.3) is 11.6 Å². The molecule has 1 aromatic carbocycles. The summed E-state index contributed by atoms with van der Waals surface area (Å²) in [6.07, 6.45) is 5.38. The van der Waals surface area contributed by atoms with Gasteiger partial charge >= 0.3 is 0 Å². The monoisotopic (exact) mass is 446 g/mol. The number of hydrogen-bond donors (Lipinski definition) is 0. The summed E-state index contributed by atoms with van der Waals surface area (Å²) in [6, 6.07) is 6.26. The van der Waals surface area contributed by atoms with Gasteiger partial charge in [-0.25, -0.2) is 19.9 Å². The first-order valence-electron chi connectivity index (χ1n) is 10.5. The van der Waals surface area contributed by atoms with E-state index in [0.717, 1.165) is 0 Å². The van der Waals surface area contributed by atoms with Gasteiger partial charge < -0.3 is 14.4 Å². The molecule has 2 aliphatic rings. The minimum absolute atomic E-state index is 0.0129. The van der Waals surface area contributed by atoms with E-state index in [1.807, 2.05) is 0 Å². The normalized spacial score (nSPS) is 19.7. The number of nitrogens with zero attached hydrogens (tertiary/aromatic N) is 6. The summed E-state index contributed by atoms with van der Waals surface area (Å²) in [5, 5.41) is 0. The van der Waals surface area contributed by atoms with E-state index in [-0.39, 0.29) is 11.8 Å². The number of carbonyl (C=O) groups is 2. The van der Waals surface area contributed by atoms with Crippen LogP contribution in [-0.2, 0) is 4.79 Å². The van der Waals surface area contributed by atoms with Crippen LogP contribution in [0.15, 0.2) is 42.9 Å². The van der Waals surface area contributed by atoms with E-state index < -0.39 is 12.0 Å². The number of ether oxygens (including phenoxy) is 2. The third-order valence-corrected chi connectivity index (χ3v) is 6.11. The molecule has 2 unspecified atom stereocenters. The van der Waals surface area contributed by atoms with Crippen molar-refractivity contribution in [3.05, 3.63) is 54.0 Å². The number of rotatable bonds is 5. The Morgan fingerprint density at radius 2 is 1.67 bits per heavy atom. The molecule has 2 aliphatic heterocycles. The Kier molecular flexibility index (Phi) is 5.12. The summed E-state index contributed by atoms with van der Waals surface area (Å²) in [6.45, 7) is 0.623. The second kappa shape index (κ2) is 8.12. The highest BCUT2D eigenvalue weighted by atomic mass is 16.5. The van der Waals surface area contributed by atoms with Crippen LogP contribution in [-0.4, -0.2) is 64.5 Å². The van der Waals surface area contributed by atoms with E-state index in [4.69, 9.17) is 9.47 Å². The highest BCUT2D eigenvalue weighted by Gasteiger charge is 2.48. The zero-order valence-corrected chi connectivity index (χ0v) is 18.4. The molecule has 5 rings (SSSR count). The number of likely N-dealkylation sites (tertiary alicyclic amines) is 1. The van der Waals surface area contributed by atoms with E-state index >= 15 is 0 Å². The fourth-order valence-electron chi connectivity index (χ4n) is 4.51. The molecular weight excluding hydrogens is 424 g/mol. The predicted molar refractivity (Wildman–Crippen MR) is 118 cm³/mol. The van der Waals surface area contributed by atoms with Crippen molar-refractivity contribution in [2.45, 2.75) is 12.5 Å². The van der Waals surface area contributed by atoms with E-state index in [2.05, 4.69) is 19.9 Å². The van der Waals surface area contributed by atoms with Crippen LogP contribution in [0.1, 0.15) is 28.4 Å². The fourth-order valence-corrected chi connectivity index (χ4v) is 4.51. The van der Waals surface area contributed by atoms with Crippen LogP contribution in [0.3, 0.4) is 0 Å². The van der Waals surface area contributed by atoms with Gasteiger partial charge in [0.05, 0.1) is 26.2 Å². The Hall–Kier alpha value is -4.08. The summed E-state index contributed by atoms with van der Waals surface area (Å²) < 4.78 is 10.9. The SMILES string of the molecule is COc1cc2c(cc1OC)C(C1CCN(C)C1=O)N(c1ccnc(-c3ncccn3)n1)C2=O. The molecule has 0 N–H and O–H groups in total. The van der Waals surface area contributed by atoms with Crippen molar-refractivity contribution >= 4 is 17.6 Å². The van der Waals surface area contributed by atoms with E-state index in [9.17, 15) is 9.59 Å². The van der Waals surface area contributed by atoms with Gasteiger partial charge in [0.15, 0.2) is 23.1 Å². The molecule has 0 aliphatic carbocycles. The first-order chi connectivity index (χ1) is 16.0. The Balaban J connectivity index is 1.66. The van der Waals surface area contributed by atoms with Gasteiger partial charge in [0.2, 0.25) is 5.91 Å². The molecule has 10 heteroatoms. The van der Waals surface area contributed by atoms with Gasteiger partial charge in [-0.1, -0.05) is 0 Å². The molecule has 2 atom stereocenters. The molecule has 0 spiro atoms. The molecule has 10 nitrogen and oxygen atoms in total. The van der Waals surface area contributed by atoms with Gasteiger partial charge in [-0.3, -0.25) is 14.5 Å². The van der Waals surface area contributed by atoms with Crippen LogP contribution in [0.2, 0.25) is 0 Å². The molecule has 0 radical (unpaired) electrons. The minimum atomic E-state index is -0.538. The van der Waals surface area contributed by atoms with Crippen LogP contribution in [0.4, 0.5) is 5.82 Å². The van der Waals surface area contributed by atoms with Gasteiger partial charge in [0.25, 0.3) is 5.91 Å². The molecule has 1 fully saturated rings. The minimum Gasteiger partial charge on any atom is -0.493 e. The Labute approximate surface area is 190 Å². The zero-order valence-electron chi connectivity index (χ0n) is 18.4. The lowest BCUT2D eigenvalue weighted by atomic mass is 9.91. The lowest BCUT2D eigenvalue weighted by molar-refractivity contribution is -0.130. The van der Waals surface area contributed by atoms with Gasteiger partial charge in [0.1, 0.15) is 5.82 Å². The second-order valence-electron chi connectivity index (χ2n) is 7.88. The number of hydrogen-bond acceptors (Lipinski definition) is 8. The maximum absolute atomic E-state index is 13.7. The number of anilines is 1. The number of methoxy groups -OCH3 is 2. The van der Waals surface area contributed by atoms with Crippen molar-refractivity contribution in [2.75, 3.05) is 32.7 Å². The molecule has 168 valence electrons. The average Bonchev–Trinajstić information content (AvgIpc) is 3.33. The third kappa shape index (κ3) is 3.34. The molecular formula is C23H22N6O4. The van der Waals surface area contributed by atoms with Crippen molar-refractivity contribution in [2.24, 2.45) is 5.92 Å². The van der Waals surface area contributed by atoms with Gasteiger partial charge in [-0.2, -0.15) is 0 Å². The van der Waals surface area contributed by atoms with Crippen LogP contribution in [0, 0.1) is 5.92 Å². The highest BCUT2D eigenvalue weighted by molar-refractivity contribution is 6.12. The Morgan fingerprint density at radius 3 is 2.33 bits per heavy atom. The number of carbonyl (C=O) groups excluding carboxylic acids is 2. The summed E-state index contributed by atoms with van der Waals surface area (Å²) in [5.74, 6) is 1.26. The second-order valence-corrected chi connectivity index (χ2v) is 7.88. The number of fused-ring (bicyclic) bond motifs is 1. The molecule has 2 aromatic heterocycles. The lowest BCUT2D eigenvalue weighted by Crippen LogP contribution is -2.36. The average molecular weight is 446 g/mol. The topological polar surface area (TPSA) is 111 Å². The van der Waals surface area contributed by atoms with E-state index in [1.54, 1.807) is 66.8 Å². The standard InChI is InChI=1S/C23H22N6O4/c1-28-10-6-13(22(28)30)19-14-11-16(32-2)17(33-3)12-15(14)23(31)29(19)18-5-9-26-21(27-18)20-24-7-4-8-25-20/h4-5,7-9,11-13,19H,6,10H2,1-3H3. The molecule has 0 bridgehead atoms. The van der Waals surface area contributed by atoms with E-state index in [1.165, 1.54) is 7.11 Å². The predicted octanol–water partition coefficient (Wildman–Crippen LogP) is 2.13. The summed E-state index contributed by atoms with van der Waals surface area (Å²) in [5.41, 5.74) is 1.17.